The van der Waals surface area contributed by atoms with Crippen molar-refractivity contribution in [1.82, 2.24) is 4.98 Å². The van der Waals surface area contributed by atoms with E-state index in [2.05, 4.69) is 20.9 Å². The maximum atomic E-state index is 11.0. The van der Waals surface area contributed by atoms with Crippen molar-refractivity contribution in [3.63, 3.8) is 0 Å². The van der Waals surface area contributed by atoms with E-state index in [0.717, 1.165) is 0 Å². The van der Waals surface area contributed by atoms with Gasteiger partial charge in [0.25, 0.3) is 0 Å². The minimum atomic E-state index is -0.767. The van der Waals surface area contributed by atoms with Crippen LogP contribution in [0.3, 0.4) is 0 Å². The van der Waals surface area contributed by atoms with Crippen molar-refractivity contribution >= 4 is 27.3 Å². The highest BCUT2D eigenvalue weighted by Gasteiger charge is 2.46. The minimum Gasteiger partial charge on any atom is -0.386 e. The van der Waals surface area contributed by atoms with Gasteiger partial charge in [-0.25, -0.2) is 0 Å². The zero-order valence-corrected chi connectivity index (χ0v) is 11.7. The van der Waals surface area contributed by atoms with Crippen LogP contribution in [0.2, 0.25) is 0 Å². The Morgan fingerprint density at radius 1 is 1.56 bits per heavy atom. The molecule has 7 heteroatoms. The van der Waals surface area contributed by atoms with Crippen LogP contribution in [-0.4, -0.2) is 33.7 Å². The van der Waals surface area contributed by atoms with E-state index in [1.807, 2.05) is 13.8 Å². The molecule has 18 heavy (non-hydrogen) atoms. The monoisotopic (exact) mass is 315 g/mol. The van der Waals surface area contributed by atoms with E-state index < -0.39 is 10.5 Å². The fourth-order valence-electron chi connectivity index (χ4n) is 2.00. The lowest BCUT2D eigenvalue weighted by atomic mass is 9.82. The number of aromatic nitrogens is 1. The molecule has 1 aliphatic heterocycles. The number of halogens is 1. The zero-order chi connectivity index (χ0) is 13.5. The average molecular weight is 316 g/mol. The zero-order valence-electron chi connectivity index (χ0n) is 10.1. The highest BCUT2D eigenvalue weighted by Crippen LogP contribution is 2.41. The van der Waals surface area contributed by atoms with E-state index in [1.165, 1.54) is 12.4 Å². The predicted molar refractivity (Wildman–Crippen MR) is 70.6 cm³/mol. The maximum Gasteiger partial charge on any atom is 0.311 e. The summed E-state index contributed by atoms with van der Waals surface area (Å²) in [4.78, 5) is 16.1. The van der Waals surface area contributed by atoms with Gasteiger partial charge in [-0.15, -0.1) is 0 Å². The van der Waals surface area contributed by atoms with Gasteiger partial charge in [-0.3, -0.25) is 15.1 Å². The van der Waals surface area contributed by atoms with Gasteiger partial charge in [0.05, 0.1) is 9.40 Å². The van der Waals surface area contributed by atoms with Crippen LogP contribution in [0.25, 0.3) is 0 Å². The topological polar surface area (TPSA) is 79.5 Å². The third-order valence-corrected chi connectivity index (χ3v) is 3.95. The van der Waals surface area contributed by atoms with Crippen LogP contribution in [0.1, 0.15) is 13.8 Å². The summed E-state index contributed by atoms with van der Waals surface area (Å²) in [6.45, 7) is 4.67. The molecule has 1 aromatic rings. The van der Waals surface area contributed by atoms with E-state index in [-0.39, 0.29) is 11.6 Å². The molecule has 2 heterocycles. The van der Waals surface area contributed by atoms with E-state index in [9.17, 15) is 15.2 Å². The first kappa shape index (κ1) is 13.2. The van der Waals surface area contributed by atoms with Crippen LogP contribution in [0, 0.1) is 16.0 Å². The summed E-state index contributed by atoms with van der Waals surface area (Å²) in [6, 6.07) is 0. The summed E-state index contributed by atoms with van der Waals surface area (Å²) < 4.78 is 0.572. The third kappa shape index (κ3) is 2.08. The second-order valence-electron chi connectivity index (χ2n) is 4.86. The Balaban J connectivity index is 2.29. The molecule has 1 N–H and O–H groups in total. The van der Waals surface area contributed by atoms with Gasteiger partial charge in [-0.2, -0.15) is 0 Å². The van der Waals surface area contributed by atoms with Crippen molar-refractivity contribution in [2.24, 2.45) is 5.92 Å². The molecule has 1 aromatic heterocycles. The molecule has 0 radical (unpaired) electrons. The normalized spacial score (nSPS) is 17.7. The first-order valence-electron chi connectivity index (χ1n) is 5.60. The molecule has 0 amide bonds. The molecule has 6 nitrogen and oxygen atoms in total. The van der Waals surface area contributed by atoms with Crippen LogP contribution >= 0.6 is 15.9 Å². The maximum absolute atomic E-state index is 11.0. The first-order chi connectivity index (χ1) is 8.35. The van der Waals surface area contributed by atoms with Gasteiger partial charge in [0.15, 0.2) is 0 Å². The first-order valence-corrected chi connectivity index (χ1v) is 6.39. The molecule has 0 spiro atoms. The Kier molecular flexibility index (Phi) is 3.29. The van der Waals surface area contributed by atoms with Gasteiger partial charge < -0.3 is 10.0 Å². The largest absolute Gasteiger partial charge is 0.386 e. The van der Waals surface area contributed by atoms with Crippen LogP contribution < -0.4 is 4.90 Å². The van der Waals surface area contributed by atoms with Crippen LogP contribution in [0.4, 0.5) is 11.4 Å². The molecule has 0 bridgehead atoms. The SMILES string of the molecule is CC(C)C1(O)CN(c2c(Br)cncc2[N+](=O)[O-])C1. The number of nitro groups is 1. The summed E-state index contributed by atoms with van der Waals surface area (Å²) in [6.07, 6.45) is 2.75. The predicted octanol–water partition coefficient (Wildman–Crippen LogP) is 1.96. The summed E-state index contributed by atoms with van der Waals surface area (Å²) in [7, 11) is 0. The average Bonchev–Trinajstić information content (AvgIpc) is 2.24. The van der Waals surface area contributed by atoms with E-state index >= 15 is 0 Å². The molecule has 1 fully saturated rings. The summed E-state index contributed by atoms with van der Waals surface area (Å²) in [5, 5.41) is 21.2. The second-order valence-corrected chi connectivity index (χ2v) is 5.71. The Morgan fingerprint density at radius 3 is 2.67 bits per heavy atom. The second kappa shape index (κ2) is 4.47. The molecule has 1 aliphatic rings. The van der Waals surface area contributed by atoms with Crippen molar-refractivity contribution in [2.45, 2.75) is 19.4 Å². The highest BCUT2D eigenvalue weighted by atomic mass is 79.9. The summed E-state index contributed by atoms with van der Waals surface area (Å²) in [5.74, 6) is 0.119. The van der Waals surface area contributed by atoms with Crippen molar-refractivity contribution in [3.8, 4) is 0 Å². The number of nitrogens with zero attached hydrogens (tertiary/aromatic N) is 3. The van der Waals surface area contributed by atoms with Gasteiger partial charge in [0.1, 0.15) is 17.5 Å². The molecule has 2 rings (SSSR count). The quantitative estimate of drug-likeness (QED) is 0.681. The van der Waals surface area contributed by atoms with E-state index in [0.29, 0.717) is 23.2 Å². The minimum absolute atomic E-state index is 0.0461. The van der Waals surface area contributed by atoms with Crippen LogP contribution in [0.5, 0.6) is 0 Å². The number of pyridine rings is 1. The molecular weight excluding hydrogens is 302 g/mol. The summed E-state index contributed by atoms with van der Waals surface area (Å²) >= 11 is 3.28. The van der Waals surface area contributed by atoms with E-state index in [4.69, 9.17) is 0 Å². The number of hydrogen-bond acceptors (Lipinski definition) is 5. The van der Waals surface area contributed by atoms with Gasteiger partial charge in [-0.05, 0) is 21.8 Å². The number of aliphatic hydroxyl groups is 1. The van der Waals surface area contributed by atoms with Crippen molar-refractivity contribution in [3.05, 3.63) is 27.0 Å². The van der Waals surface area contributed by atoms with Crippen molar-refractivity contribution in [2.75, 3.05) is 18.0 Å². The van der Waals surface area contributed by atoms with Crippen LogP contribution in [-0.2, 0) is 0 Å². The third-order valence-electron chi connectivity index (χ3n) is 3.37. The van der Waals surface area contributed by atoms with Gasteiger partial charge in [-0.1, -0.05) is 13.8 Å². The lowest BCUT2D eigenvalue weighted by Crippen LogP contribution is -2.65. The molecular formula is C11H14BrN3O3. The highest BCUT2D eigenvalue weighted by molar-refractivity contribution is 9.10. The van der Waals surface area contributed by atoms with Crippen molar-refractivity contribution < 1.29 is 10.0 Å². The Labute approximate surface area is 113 Å². The fraction of sp³-hybridized carbons (Fsp3) is 0.545. The molecule has 98 valence electrons. The van der Waals surface area contributed by atoms with Gasteiger partial charge >= 0.3 is 5.69 Å². The number of hydrogen-bond donors (Lipinski definition) is 1. The fourth-order valence-corrected chi connectivity index (χ4v) is 2.57. The molecule has 0 aliphatic carbocycles. The Bertz CT molecular complexity index is 486. The number of β-amino-alcohol motifs (C(OH)–C–C–N with tert-alkyl or cyclic N) is 1. The standard InChI is InChI=1S/C11H14BrN3O3/c1-7(2)11(16)5-14(6-11)10-8(12)3-13-4-9(10)15(17)18/h3-4,7,16H,5-6H2,1-2H3. The molecule has 1 saturated heterocycles. The van der Waals surface area contributed by atoms with Crippen LogP contribution in [0.15, 0.2) is 16.9 Å². The Morgan fingerprint density at radius 2 is 2.17 bits per heavy atom. The van der Waals surface area contributed by atoms with Crippen molar-refractivity contribution in [1.29, 1.82) is 0 Å². The number of rotatable bonds is 3. The van der Waals surface area contributed by atoms with Gasteiger partial charge in [0.2, 0.25) is 0 Å². The molecule has 0 aromatic carbocycles. The van der Waals surface area contributed by atoms with E-state index in [1.54, 1.807) is 4.90 Å². The van der Waals surface area contributed by atoms with Gasteiger partial charge in [0, 0.05) is 19.3 Å². The lowest BCUT2D eigenvalue weighted by molar-refractivity contribution is -0.384. The summed E-state index contributed by atoms with van der Waals surface area (Å²) in [5.41, 5.74) is -0.327. The lowest BCUT2D eigenvalue weighted by Gasteiger charge is -2.50. The number of anilines is 1. The smallest absolute Gasteiger partial charge is 0.311 e. The molecule has 0 saturated carbocycles. The molecule has 0 unspecified atom stereocenters. The Hall–Kier alpha value is -1.21. The molecule has 0 atom stereocenters.